The quantitative estimate of drug-likeness (QED) is 0.331. The number of nitrogens with one attached hydrogen (secondary N) is 1. The largest absolute Gasteiger partial charge is 0.411 e. The number of oxime groups is 1. The molecule has 2 unspecified atom stereocenters. The summed E-state index contributed by atoms with van der Waals surface area (Å²) in [4.78, 5) is 4.91. The van der Waals surface area contributed by atoms with E-state index < -0.39 is 0 Å². The van der Waals surface area contributed by atoms with Crippen molar-refractivity contribution in [1.29, 1.82) is 0 Å². The van der Waals surface area contributed by atoms with Crippen LogP contribution in [0.2, 0.25) is 0 Å². The minimum absolute atomic E-state index is 0.0898. The van der Waals surface area contributed by atoms with Crippen molar-refractivity contribution < 1.29 is 5.21 Å². The van der Waals surface area contributed by atoms with Gasteiger partial charge in [0.2, 0.25) is 0 Å². The molecule has 1 saturated heterocycles. The monoisotopic (exact) mass is 432 g/mol. The van der Waals surface area contributed by atoms with Crippen LogP contribution in [0.25, 0.3) is 16.8 Å². The van der Waals surface area contributed by atoms with E-state index in [4.69, 9.17) is 15.9 Å². The first kappa shape index (κ1) is 17.9. The van der Waals surface area contributed by atoms with Crippen molar-refractivity contribution in [2.45, 2.75) is 31.7 Å². The standard InChI is InChI=1S/C17H21BrN8O/c1-9(24-27)13-4-3-10(5-20-13)15-14(18)16(19)26-17(23-15)12(7-22-26)11-6-21-25(2)8-11/h6-8,10,13,20,27H,3-5,19H2,1-2H3/b24-9+. The van der Waals surface area contributed by atoms with Crippen molar-refractivity contribution in [2.75, 3.05) is 12.3 Å². The third-order valence-corrected chi connectivity index (χ3v) is 5.94. The number of aryl methyl sites for hydroxylation is 1. The lowest BCUT2D eigenvalue weighted by atomic mass is 9.90. The normalized spacial score (nSPS) is 21.1. The van der Waals surface area contributed by atoms with E-state index in [0.717, 1.165) is 40.7 Å². The Balaban J connectivity index is 1.72. The lowest BCUT2D eigenvalue weighted by Gasteiger charge is -2.29. The van der Waals surface area contributed by atoms with Crippen molar-refractivity contribution in [2.24, 2.45) is 12.2 Å². The molecule has 0 amide bonds. The van der Waals surface area contributed by atoms with E-state index in [9.17, 15) is 0 Å². The zero-order valence-corrected chi connectivity index (χ0v) is 16.7. The van der Waals surface area contributed by atoms with Crippen LogP contribution in [0.5, 0.6) is 0 Å². The maximum atomic E-state index is 8.98. The third kappa shape index (κ3) is 3.08. The van der Waals surface area contributed by atoms with Gasteiger partial charge in [-0.2, -0.15) is 14.7 Å². The molecule has 0 spiro atoms. The first-order chi connectivity index (χ1) is 13.0. The Kier molecular flexibility index (Phi) is 4.60. The number of anilines is 1. The summed E-state index contributed by atoms with van der Waals surface area (Å²) < 4.78 is 4.17. The lowest BCUT2D eigenvalue weighted by Crippen LogP contribution is -2.42. The molecule has 3 aromatic rings. The summed E-state index contributed by atoms with van der Waals surface area (Å²) in [6, 6.07) is 0.0898. The van der Waals surface area contributed by atoms with E-state index in [2.05, 4.69) is 36.6 Å². The van der Waals surface area contributed by atoms with Crippen molar-refractivity contribution in [1.82, 2.24) is 29.7 Å². The molecule has 4 heterocycles. The molecule has 0 saturated carbocycles. The van der Waals surface area contributed by atoms with Crippen LogP contribution in [0.1, 0.15) is 31.4 Å². The topological polar surface area (TPSA) is 119 Å². The molecule has 1 aliphatic rings. The molecular weight excluding hydrogens is 412 g/mol. The average molecular weight is 433 g/mol. The van der Waals surface area contributed by atoms with Gasteiger partial charge in [0.05, 0.1) is 28.3 Å². The zero-order valence-electron chi connectivity index (χ0n) is 15.1. The van der Waals surface area contributed by atoms with Gasteiger partial charge < -0.3 is 16.3 Å². The van der Waals surface area contributed by atoms with E-state index in [-0.39, 0.29) is 12.0 Å². The number of rotatable bonds is 3. The molecule has 0 aromatic carbocycles. The Morgan fingerprint density at radius 1 is 1.37 bits per heavy atom. The number of nitrogens with zero attached hydrogens (tertiary/aromatic N) is 6. The molecule has 9 nitrogen and oxygen atoms in total. The molecule has 2 atom stereocenters. The van der Waals surface area contributed by atoms with E-state index >= 15 is 0 Å². The van der Waals surface area contributed by atoms with E-state index in [1.165, 1.54) is 0 Å². The van der Waals surface area contributed by atoms with Crippen molar-refractivity contribution in [3.8, 4) is 11.1 Å². The summed E-state index contributed by atoms with van der Waals surface area (Å²) in [5.74, 6) is 0.728. The third-order valence-electron chi connectivity index (χ3n) is 5.13. The van der Waals surface area contributed by atoms with Crippen LogP contribution in [0.4, 0.5) is 5.82 Å². The van der Waals surface area contributed by atoms with Crippen molar-refractivity contribution in [3.05, 3.63) is 28.8 Å². The second kappa shape index (κ2) is 6.93. The molecule has 10 heteroatoms. The van der Waals surface area contributed by atoms with Crippen LogP contribution in [-0.4, -0.2) is 47.9 Å². The fourth-order valence-electron chi connectivity index (χ4n) is 3.56. The number of aromatic nitrogens is 5. The summed E-state index contributed by atoms with van der Waals surface area (Å²) in [5, 5.41) is 24.4. The zero-order chi connectivity index (χ0) is 19.1. The van der Waals surface area contributed by atoms with Crippen LogP contribution in [0, 0.1) is 0 Å². The van der Waals surface area contributed by atoms with Gasteiger partial charge in [0.15, 0.2) is 5.65 Å². The van der Waals surface area contributed by atoms with Gasteiger partial charge in [-0.3, -0.25) is 4.68 Å². The molecule has 0 radical (unpaired) electrons. The maximum Gasteiger partial charge on any atom is 0.165 e. The van der Waals surface area contributed by atoms with Gasteiger partial charge in [0.1, 0.15) is 5.82 Å². The first-order valence-corrected chi connectivity index (χ1v) is 9.52. The number of piperidine rings is 1. The summed E-state index contributed by atoms with van der Waals surface area (Å²) >= 11 is 3.61. The van der Waals surface area contributed by atoms with E-state index in [1.54, 1.807) is 21.6 Å². The van der Waals surface area contributed by atoms with Gasteiger partial charge in [0.25, 0.3) is 0 Å². The smallest absolute Gasteiger partial charge is 0.165 e. The first-order valence-electron chi connectivity index (χ1n) is 8.73. The molecular formula is C17H21BrN8O. The Bertz CT molecular complexity index is 1020. The number of hydrogen-bond donors (Lipinski definition) is 3. The highest BCUT2D eigenvalue weighted by molar-refractivity contribution is 9.10. The van der Waals surface area contributed by atoms with Gasteiger partial charge in [-0.15, -0.1) is 0 Å². The predicted molar refractivity (Wildman–Crippen MR) is 106 cm³/mol. The Morgan fingerprint density at radius 3 is 2.81 bits per heavy atom. The minimum atomic E-state index is 0.0898. The Labute approximate surface area is 164 Å². The summed E-state index contributed by atoms with van der Waals surface area (Å²) in [7, 11) is 1.88. The number of nitrogens with two attached hydrogens (primary N) is 1. The summed E-state index contributed by atoms with van der Waals surface area (Å²) in [5.41, 5.74) is 10.5. The van der Waals surface area contributed by atoms with E-state index in [1.807, 2.05) is 20.2 Å². The molecule has 142 valence electrons. The maximum absolute atomic E-state index is 8.98. The van der Waals surface area contributed by atoms with Gasteiger partial charge in [-0.1, -0.05) is 5.16 Å². The van der Waals surface area contributed by atoms with Gasteiger partial charge >= 0.3 is 0 Å². The lowest BCUT2D eigenvalue weighted by molar-refractivity contribution is 0.311. The molecule has 1 fully saturated rings. The molecule has 3 aromatic heterocycles. The highest BCUT2D eigenvalue weighted by Crippen LogP contribution is 2.35. The average Bonchev–Trinajstić information content (AvgIpc) is 3.30. The second-order valence-electron chi connectivity index (χ2n) is 6.87. The van der Waals surface area contributed by atoms with Gasteiger partial charge in [-0.05, 0) is 35.7 Å². The van der Waals surface area contributed by atoms with E-state index in [0.29, 0.717) is 17.2 Å². The van der Waals surface area contributed by atoms with Crippen LogP contribution < -0.4 is 11.1 Å². The Hall–Kier alpha value is -2.46. The highest BCUT2D eigenvalue weighted by atomic mass is 79.9. The number of hydrogen-bond acceptors (Lipinski definition) is 7. The molecule has 1 aliphatic heterocycles. The number of fused-ring (bicyclic) bond motifs is 1. The number of halogens is 1. The summed E-state index contributed by atoms with van der Waals surface area (Å²) in [6.45, 7) is 2.55. The summed E-state index contributed by atoms with van der Waals surface area (Å²) in [6.07, 6.45) is 7.28. The van der Waals surface area contributed by atoms with Crippen molar-refractivity contribution in [3.63, 3.8) is 0 Å². The predicted octanol–water partition coefficient (Wildman–Crippen LogP) is 2.16. The van der Waals surface area contributed by atoms with Crippen LogP contribution >= 0.6 is 15.9 Å². The number of nitrogen functional groups attached to an aromatic ring is 1. The van der Waals surface area contributed by atoms with Crippen molar-refractivity contribution >= 4 is 33.1 Å². The van der Waals surface area contributed by atoms with Crippen LogP contribution in [0.3, 0.4) is 0 Å². The minimum Gasteiger partial charge on any atom is -0.411 e. The molecule has 27 heavy (non-hydrogen) atoms. The second-order valence-corrected chi connectivity index (χ2v) is 7.66. The fraction of sp³-hybridized carbons (Fsp3) is 0.412. The fourth-order valence-corrected chi connectivity index (χ4v) is 4.14. The molecule has 0 bridgehead atoms. The van der Waals surface area contributed by atoms with Gasteiger partial charge in [0, 0.05) is 42.9 Å². The molecule has 0 aliphatic carbocycles. The Morgan fingerprint density at radius 2 is 2.19 bits per heavy atom. The SMILES string of the molecule is C/C(=N\O)C1CCC(c2nc3c(-c4cnn(C)c4)cnn3c(N)c2Br)CN1. The van der Waals surface area contributed by atoms with Gasteiger partial charge in [-0.25, -0.2) is 4.98 Å². The van der Waals surface area contributed by atoms with Crippen LogP contribution in [0.15, 0.2) is 28.2 Å². The highest BCUT2D eigenvalue weighted by Gasteiger charge is 2.28. The van der Waals surface area contributed by atoms with Crippen LogP contribution in [-0.2, 0) is 7.05 Å². The molecule has 4 rings (SSSR count). The molecule has 4 N–H and O–H groups in total.